The maximum absolute atomic E-state index is 12.8. The van der Waals surface area contributed by atoms with Gasteiger partial charge in [0.2, 0.25) is 5.91 Å². The summed E-state index contributed by atoms with van der Waals surface area (Å²) >= 11 is 0. The molecule has 1 aromatic heterocycles. The van der Waals surface area contributed by atoms with Gasteiger partial charge in [-0.05, 0) is 54.7 Å². The zero-order chi connectivity index (χ0) is 32.9. The Balaban J connectivity index is 1.17. The Bertz CT molecular complexity index is 1740. The van der Waals surface area contributed by atoms with Crippen molar-refractivity contribution in [3.05, 3.63) is 100.0 Å². The average molecular weight is 643 g/mol. The molecule has 248 valence electrons. The Kier molecular flexibility index (Phi) is 10.2. The van der Waals surface area contributed by atoms with Gasteiger partial charge in [-0.15, -0.1) is 0 Å². The molecule has 0 radical (unpaired) electrons. The number of nitrogens with one attached hydrogen (secondary N) is 2. The number of fused-ring (bicyclic) bond motifs is 1. The third kappa shape index (κ3) is 7.65. The lowest BCUT2D eigenvalue weighted by Crippen LogP contribution is -2.47. The molecule has 3 aromatic carbocycles. The zero-order valence-electron chi connectivity index (χ0n) is 26.5. The van der Waals surface area contributed by atoms with E-state index in [0.29, 0.717) is 12.2 Å². The number of imidazole rings is 1. The van der Waals surface area contributed by atoms with Crippen LogP contribution in [0.5, 0.6) is 0 Å². The van der Waals surface area contributed by atoms with Crippen LogP contribution in [0.15, 0.2) is 77.6 Å². The number of aliphatic hydroxyl groups is 1. The van der Waals surface area contributed by atoms with Crippen molar-refractivity contribution in [2.45, 2.75) is 70.2 Å². The molecule has 2 saturated heterocycles. The van der Waals surface area contributed by atoms with Gasteiger partial charge in [0, 0.05) is 55.7 Å². The molecule has 1 amide bonds. The fraction of sp³-hybridized carbons (Fsp3) is 0.417. The van der Waals surface area contributed by atoms with Gasteiger partial charge in [0.15, 0.2) is 6.29 Å². The predicted octanol–water partition coefficient (Wildman–Crippen LogP) is 5.14. The number of likely N-dealkylation sites (tertiary alicyclic amines) is 1. The highest BCUT2D eigenvalue weighted by molar-refractivity contribution is 5.91. The van der Waals surface area contributed by atoms with E-state index >= 15 is 0 Å². The number of hydrogen-bond donors (Lipinski definition) is 4. The first-order valence-electron chi connectivity index (χ1n) is 16.3. The summed E-state index contributed by atoms with van der Waals surface area (Å²) in [6.07, 6.45) is 0.889. The normalized spacial score (nSPS) is 22.3. The van der Waals surface area contributed by atoms with E-state index in [1.165, 1.54) is 0 Å². The summed E-state index contributed by atoms with van der Waals surface area (Å²) in [4.78, 5) is 41.5. The molecule has 2 fully saturated rings. The topological polar surface area (TPSA) is 146 Å². The summed E-state index contributed by atoms with van der Waals surface area (Å²) < 4.78 is 15.2. The smallest absolute Gasteiger partial charge is 0.326 e. The van der Waals surface area contributed by atoms with E-state index < -0.39 is 12.3 Å². The van der Waals surface area contributed by atoms with Crippen molar-refractivity contribution < 1.29 is 29.3 Å². The van der Waals surface area contributed by atoms with E-state index in [2.05, 4.69) is 22.1 Å². The van der Waals surface area contributed by atoms with Crippen LogP contribution in [0.25, 0.3) is 11.0 Å². The van der Waals surface area contributed by atoms with E-state index in [0.717, 1.165) is 53.7 Å². The van der Waals surface area contributed by atoms with Gasteiger partial charge in [-0.1, -0.05) is 55.5 Å². The van der Waals surface area contributed by atoms with E-state index in [9.17, 15) is 19.5 Å². The number of aliphatic hydroxyl groups excluding tert-OH is 1. The molecule has 3 heterocycles. The molecule has 2 aliphatic heterocycles. The van der Waals surface area contributed by atoms with Gasteiger partial charge in [0.1, 0.15) is 0 Å². The number of aromatic amines is 1. The van der Waals surface area contributed by atoms with Crippen molar-refractivity contribution in [1.82, 2.24) is 14.5 Å². The van der Waals surface area contributed by atoms with Crippen LogP contribution in [0.3, 0.4) is 0 Å². The summed E-state index contributed by atoms with van der Waals surface area (Å²) in [5.41, 5.74) is 4.90. The first-order chi connectivity index (χ1) is 22.8. The number of rotatable bonds is 11. The third-order valence-corrected chi connectivity index (χ3v) is 9.34. The van der Waals surface area contributed by atoms with E-state index in [1.54, 1.807) is 6.07 Å². The Morgan fingerprint density at radius 3 is 2.47 bits per heavy atom. The van der Waals surface area contributed by atoms with Gasteiger partial charge in [-0.25, -0.2) is 4.79 Å². The Morgan fingerprint density at radius 1 is 0.957 bits per heavy atom. The summed E-state index contributed by atoms with van der Waals surface area (Å²) in [6.45, 7) is 4.45. The average Bonchev–Trinajstić information content (AvgIpc) is 3.41. The summed E-state index contributed by atoms with van der Waals surface area (Å²) in [6, 6.07) is 23.1. The van der Waals surface area contributed by atoms with E-state index in [-0.39, 0.29) is 61.6 Å². The highest BCUT2D eigenvalue weighted by Gasteiger charge is 2.39. The van der Waals surface area contributed by atoms with Crippen LogP contribution in [0.4, 0.5) is 5.69 Å². The Labute approximate surface area is 273 Å². The van der Waals surface area contributed by atoms with Gasteiger partial charge in [0.05, 0.1) is 29.8 Å². The van der Waals surface area contributed by atoms with E-state index in [4.69, 9.17) is 14.6 Å². The summed E-state index contributed by atoms with van der Waals surface area (Å²) in [7, 11) is 0. The number of aromatic nitrogens is 2. The highest BCUT2D eigenvalue weighted by atomic mass is 16.7. The fourth-order valence-corrected chi connectivity index (χ4v) is 6.77. The number of carbonyl (C=O) groups is 2. The first-order valence-corrected chi connectivity index (χ1v) is 16.3. The van der Waals surface area contributed by atoms with Crippen molar-refractivity contribution in [2.75, 3.05) is 25.0 Å². The number of H-pyrrole nitrogens is 1. The van der Waals surface area contributed by atoms with Gasteiger partial charge < -0.3 is 34.9 Å². The van der Waals surface area contributed by atoms with Crippen LogP contribution in [0, 0.1) is 5.92 Å². The maximum atomic E-state index is 12.8. The number of amides is 1. The first kappa shape index (κ1) is 32.6. The van der Waals surface area contributed by atoms with Crippen LogP contribution < -0.4 is 11.0 Å². The number of carboxylic acids is 1. The number of piperidine rings is 1. The van der Waals surface area contributed by atoms with Gasteiger partial charge in [0.25, 0.3) is 0 Å². The number of hydrogen-bond acceptors (Lipinski definition) is 7. The molecular weight excluding hydrogens is 600 g/mol. The molecule has 4 atom stereocenters. The minimum absolute atomic E-state index is 0.0114. The quantitative estimate of drug-likeness (QED) is 0.176. The third-order valence-electron chi connectivity index (χ3n) is 9.34. The SMILES string of the molecule is C[C@@H]1[C@H](CN2CCC(n3c(=O)[nH]c4ccccc43)CC2)O[C@H](c2cccc(NC(=O)CCCC(=O)O)c2)O[C@@H]1c1ccc(CO)cc1. The van der Waals surface area contributed by atoms with Gasteiger partial charge in [-0.3, -0.25) is 14.2 Å². The lowest BCUT2D eigenvalue weighted by molar-refractivity contribution is -0.276. The van der Waals surface area contributed by atoms with Crippen molar-refractivity contribution in [2.24, 2.45) is 5.92 Å². The number of ether oxygens (including phenoxy) is 2. The van der Waals surface area contributed by atoms with Crippen LogP contribution in [0.1, 0.15) is 74.2 Å². The fourth-order valence-electron chi connectivity index (χ4n) is 6.77. The minimum Gasteiger partial charge on any atom is -0.481 e. The molecular formula is C36H42N4O7. The number of anilines is 1. The molecule has 0 spiro atoms. The zero-order valence-corrected chi connectivity index (χ0v) is 26.5. The minimum atomic E-state index is -0.926. The molecule has 11 nitrogen and oxygen atoms in total. The number of benzene rings is 3. The number of para-hydroxylation sites is 2. The van der Waals surface area contributed by atoms with Crippen LogP contribution in [-0.4, -0.2) is 62.3 Å². The predicted molar refractivity (Wildman–Crippen MR) is 177 cm³/mol. The lowest BCUT2D eigenvalue weighted by Gasteiger charge is -2.44. The van der Waals surface area contributed by atoms with Crippen LogP contribution >= 0.6 is 0 Å². The molecule has 0 unspecified atom stereocenters. The largest absolute Gasteiger partial charge is 0.481 e. The summed E-state index contributed by atoms with van der Waals surface area (Å²) in [5.74, 6) is -1.16. The molecule has 4 aromatic rings. The van der Waals surface area contributed by atoms with Crippen molar-refractivity contribution in [3.63, 3.8) is 0 Å². The molecule has 0 bridgehead atoms. The molecule has 0 saturated carbocycles. The second-order valence-corrected chi connectivity index (χ2v) is 12.6. The maximum Gasteiger partial charge on any atom is 0.326 e. The highest BCUT2D eigenvalue weighted by Crippen LogP contribution is 2.42. The van der Waals surface area contributed by atoms with Crippen molar-refractivity contribution in [3.8, 4) is 0 Å². The number of aliphatic carboxylic acids is 1. The van der Waals surface area contributed by atoms with Gasteiger partial charge in [-0.2, -0.15) is 0 Å². The number of carbonyl (C=O) groups excluding carboxylic acids is 1. The molecule has 2 aliphatic rings. The summed E-state index contributed by atoms with van der Waals surface area (Å²) in [5, 5.41) is 21.3. The second kappa shape index (κ2) is 14.6. The van der Waals surface area contributed by atoms with Gasteiger partial charge >= 0.3 is 11.7 Å². The molecule has 6 rings (SSSR count). The van der Waals surface area contributed by atoms with Crippen molar-refractivity contribution >= 4 is 28.6 Å². The molecule has 47 heavy (non-hydrogen) atoms. The number of carboxylic acid groups (broad SMARTS) is 1. The van der Waals surface area contributed by atoms with E-state index in [1.807, 2.05) is 71.3 Å². The second-order valence-electron chi connectivity index (χ2n) is 12.6. The molecule has 0 aliphatic carbocycles. The number of nitrogens with zero attached hydrogens (tertiary/aromatic N) is 2. The monoisotopic (exact) mass is 642 g/mol. The van der Waals surface area contributed by atoms with Crippen LogP contribution in [0.2, 0.25) is 0 Å². The standard InChI is InChI=1S/C36H42N4O7/c1-23-31(21-39-18-16-28(17-19-39)40-30-9-3-2-8-29(30)38-36(40)45)46-35(47-34(23)25-14-12-24(22-41)13-15-25)26-6-4-7-27(20-26)37-32(42)10-5-11-33(43)44/h2-4,6-9,12-15,20,23,28,31,34-35,41H,5,10-11,16-19,21-22H2,1H3,(H,37,42)(H,38,45)(H,43,44)/t23-,31+,34+,35+/m1/s1. The lowest BCUT2D eigenvalue weighted by atomic mass is 9.89. The van der Waals surface area contributed by atoms with Crippen molar-refractivity contribution in [1.29, 1.82) is 0 Å². The van der Waals surface area contributed by atoms with Crippen LogP contribution in [-0.2, 0) is 25.7 Å². The molecule has 4 N–H and O–H groups in total. The Hall–Kier alpha value is -4.29. The molecule has 11 heteroatoms. The Morgan fingerprint density at radius 2 is 1.72 bits per heavy atom.